The van der Waals surface area contributed by atoms with Gasteiger partial charge in [0.25, 0.3) is 0 Å². The molecule has 0 spiro atoms. The minimum atomic E-state index is 0.0665. The van der Waals surface area contributed by atoms with E-state index in [0.29, 0.717) is 29.2 Å². The second-order valence-electron chi connectivity index (χ2n) is 4.51. The molecule has 4 heteroatoms. The lowest BCUT2D eigenvalue weighted by atomic mass is 10.0. The molecule has 0 unspecified atom stereocenters. The number of Topliss-reactive ketones (excluding diaryl/α,β-unsaturated/α-hetero) is 1. The van der Waals surface area contributed by atoms with Crippen molar-refractivity contribution in [3.63, 3.8) is 0 Å². The quantitative estimate of drug-likeness (QED) is 0.674. The smallest absolute Gasteiger partial charge is 0.163 e. The van der Waals surface area contributed by atoms with Crippen LogP contribution >= 0.6 is 11.6 Å². The van der Waals surface area contributed by atoms with Crippen LogP contribution in [0.3, 0.4) is 0 Å². The highest BCUT2D eigenvalue weighted by Gasteiger charge is 2.09. The molecule has 0 fully saturated rings. The van der Waals surface area contributed by atoms with E-state index in [1.165, 1.54) is 7.11 Å². The molecule has 0 amide bonds. The monoisotopic (exact) mass is 289 g/mol. The summed E-state index contributed by atoms with van der Waals surface area (Å²) in [6.07, 6.45) is 1.12. The van der Waals surface area contributed by atoms with Crippen molar-refractivity contribution in [3.05, 3.63) is 58.6 Å². The normalized spacial score (nSPS) is 10.3. The summed E-state index contributed by atoms with van der Waals surface area (Å²) >= 11 is 5.94. The second kappa shape index (κ2) is 6.44. The molecule has 0 aromatic heterocycles. The van der Waals surface area contributed by atoms with Gasteiger partial charge >= 0.3 is 0 Å². The van der Waals surface area contributed by atoms with Crippen LogP contribution in [0, 0.1) is 0 Å². The summed E-state index contributed by atoms with van der Waals surface area (Å²) in [5, 5.41) is 0.502. The van der Waals surface area contributed by atoms with Gasteiger partial charge in [-0.2, -0.15) is 0 Å². The largest absolute Gasteiger partial charge is 0.495 e. The van der Waals surface area contributed by atoms with E-state index in [-0.39, 0.29) is 5.78 Å². The molecule has 0 radical (unpaired) electrons. The van der Waals surface area contributed by atoms with E-state index in [2.05, 4.69) is 0 Å². The Labute approximate surface area is 123 Å². The number of rotatable bonds is 5. The summed E-state index contributed by atoms with van der Waals surface area (Å²) in [6.45, 7) is 0. The summed E-state index contributed by atoms with van der Waals surface area (Å²) in [6, 6.07) is 12.6. The molecule has 2 aromatic carbocycles. The second-order valence-corrected chi connectivity index (χ2v) is 4.92. The number of methoxy groups -OCH3 is 1. The Morgan fingerprint density at radius 1 is 1.20 bits per heavy atom. The molecule has 0 saturated carbocycles. The molecular weight excluding hydrogens is 274 g/mol. The fraction of sp³-hybridized carbons (Fsp3) is 0.188. The molecule has 0 bridgehead atoms. The Morgan fingerprint density at radius 2 is 1.90 bits per heavy atom. The van der Waals surface area contributed by atoms with Crippen molar-refractivity contribution in [2.75, 3.05) is 12.8 Å². The van der Waals surface area contributed by atoms with Crippen molar-refractivity contribution in [2.24, 2.45) is 0 Å². The number of carbonyl (C=O) groups is 1. The summed E-state index contributed by atoms with van der Waals surface area (Å²) in [7, 11) is 1.53. The summed E-state index contributed by atoms with van der Waals surface area (Å²) in [5.74, 6) is 0.585. The molecule has 0 atom stereocenters. The van der Waals surface area contributed by atoms with Crippen LogP contribution in [0.15, 0.2) is 42.5 Å². The van der Waals surface area contributed by atoms with Crippen molar-refractivity contribution in [1.82, 2.24) is 0 Å². The number of ketones is 1. The number of nitrogen functional groups attached to an aromatic ring is 1. The molecule has 0 saturated heterocycles. The first-order valence-electron chi connectivity index (χ1n) is 6.31. The summed E-state index contributed by atoms with van der Waals surface area (Å²) in [5.41, 5.74) is 8.05. The van der Waals surface area contributed by atoms with Crippen molar-refractivity contribution in [3.8, 4) is 5.75 Å². The number of aryl methyl sites for hydroxylation is 1. The SMILES string of the molecule is COc1cc(C(=O)CCc2ccc(N)cc2)ccc1Cl. The third-order valence-corrected chi connectivity index (χ3v) is 3.41. The Bertz CT molecular complexity index is 608. The van der Waals surface area contributed by atoms with Gasteiger partial charge in [-0.05, 0) is 42.3 Å². The van der Waals surface area contributed by atoms with Gasteiger partial charge < -0.3 is 10.5 Å². The van der Waals surface area contributed by atoms with Gasteiger partial charge in [0.15, 0.2) is 5.78 Å². The molecule has 0 aliphatic heterocycles. The van der Waals surface area contributed by atoms with Crippen LogP contribution in [-0.2, 0) is 6.42 Å². The van der Waals surface area contributed by atoms with E-state index in [9.17, 15) is 4.79 Å². The molecule has 104 valence electrons. The van der Waals surface area contributed by atoms with Crippen LogP contribution in [0.1, 0.15) is 22.3 Å². The molecule has 0 aliphatic rings. The van der Waals surface area contributed by atoms with Crippen molar-refractivity contribution < 1.29 is 9.53 Å². The lowest BCUT2D eigenvalue weighted by Gasteiger charge is -2.06. The van der Waals surface area contributed by atoms with Crippen molar-refractivity contribution in [1.29, 1.82) is 0 Å². The van der Waals surface area contributed by atoms with E-state index in [1.54, 1.807) is 18.2 Å². The number of carbonyl (C=O) groups excluding carboxylic acids is 1. The van der Waals surface area contributed by atoms with E-state index in [1.807, 2.05) is 24.3 Å². The van der Waals surface area contributed by atoms with Crippen LogP contribution in [0.4, 0.5) is 5.69 Å². The number of nitrogens with two attached hydrogens (primary N) is 1. The molecule has 0 aliphatic carbocycles. The number of hydrogen-bond donors (Lipinski definition) is 1. The molecule has 2 rings (SSSR count). The van der Waals surface area contributed by atoms with Gasteiger partial charge in [-0.3, -0.25) is 4.79 Å². The minimum absolute atomic E-state index is 0.0665. The van der Waals surface area contributed by atoms with Gasteiger partial charge in [0.2, 0.25) is 0 Å². The van der Waals surface area contributed by atoms with Gasteiger partial charge in [0.1, 0.15) is 5.75 Å². The highest BCUT2D eigenvalue weighted by atomic mass is 35.5. The molecule has 0 heterocycles. The lowest BCUT2D eigenvalue weighted by Crippen LogP contribution is -2.02. The number of ether oxygens (including phenoxy) is 1. The molecule has 2 aromatic rings. The average Bonchev–Trinajstić information content (AvgIpc) is 2.47. The average molecular weight is 290 g/mol. The predicted molar refractivity (Wildman–Crippen MR) is 81.5 cm³/mol. The van der Waals surface area contributed by atoms with Crippen molar-refractivity contribution >= 4 is 23.1 Å². The number of hydrogen-bond acceptors (Lipinski definition) is 3. The number of benzene rings is 2. The van der Waals surface area contributed by atoms with Gasteiger partial charge in [-0.15, -0.1) is 0 Å². The van der Waals surface area contributed by atoms with Crippen molar-refractivity contribution in [2.45, 2.75) is 12.8 Å². The minimum Gasteiger partial charge on any atom is -0.495 e. The Kier molecular flexibility index (Phi) is 4.64. The number of anilines is 1. The van der Waals surface area contributed by atoms with Crippen LogP contribution < -0.4 is 10.5 Å². The summed E-state index contributed by atoms with van der Waals surface area (Å²) < 4.78 is 5.11. The zero-order valence-corrected chi connectivity index (χ0v) is 12.0. The van der Waals surface area contributed by atoms with Crippen LogP contribution in [0.5, 0.6) is 5.75 Å². The Morgan fingerprint density at radius 3 is 2.55 bits per heavy atom. The maximum Gasteiger partial charge on any atom is 0.163 e. The first-order valence-corrected chi connectivity index (χ1v) is 6.69. The highest BCUT2D eigenvalue weighted by molar-refractivity contribution is 6.32. The first-order chi connectivity index (χ1) is 9.60. The van der Waals surface area contributed by atoms with Crippen LogP contribution in [0.2, 0.25) is 5.02 Å². The molecule has 3 nitrogen and oxygen atoms in total. The van der Waals surface area contributed by atoms with E-state index in [0.717, 1.165) is 11.3 Å². The number of halogens is 1. The Hall–Kier alpha value is -2.00. The van der Waals surface area contributed by atoms with Gasteiger partial charge in [-0.25, -0.2) is 0 Å². The van der Waals surface area contributed by atoms with E-state index < -0.39 is 0 Å². The molecule has 2 N–H and O–H groups in total. The Balaban J connectivity index is 2.03. The molecule has 20 heavy (non-hydrogen) atoms. The standard InChI is InChI=1S/C16H16ClNO2/c1-20-16-10-12(5-8-14(16)17)15(19)9-4-11-2-6-13(18)7-3-11/h2-3,5-8,10H,4,9,18H2,1H3. The fourth-order valence-corrected chi connectivity index (χ4v) is 2.11. The third kappa shape index (κ3) is 3.52. The predicted octanol–water partition coefficient (Wildman–Crippen LogP) is 3.75. The third-order valence-electron chi connectivity index (χ3n) is 3.09. The summed E-state index contributed by atoms with van der Waals surface area (Å²) in [4.78, 5) is 12.1. The topological polar surface area (TPSA) is 52.3 Å². The van der Waals surface area contributed by atoms with Gasteiger partial charge in [0.05, 0.1) is 12.1 Å². The van der Waals surface area contributed by atoms with Gasteiger partial charge in [0, 0.05) is 17.7 Å². The first kappa shape index (κ1) is 14.4. The zero-order valence-electron chi connectivity index (χ0n) is 11.2. The lowest BCUT2D eigenvalue weighted by molar-refractivity contribution is 0.0982. The zero-order chi connectivity index (χ0) is 14.5. The fourth-order valence-electron chi connectivity index (χ4n) is 1.92. The van der Waals surface area contributed by atoms with Crippen LogP contribution in [-0.4, -0.2) is 12.9 Å². The molecular formula is C16H16ClNO2. The van der Waals surface area contributed by atoms with E-state index in [4.69, 9.17) is 22.1 Å². The van der Waals surface area contributed by atoms with E-state index >= 15 is 0 Å². The maximum atomic E-state index is 12.1. The highest BCUT2D eigenvalue weighted by Crippen LogP contribution is 2.25. The maximum absolute atomic E-state index is 12.1. The van der Waals surface area contributed by atoms with Gasteiger partial charge in [-0.1, -0.05) is 23.7 Å². The van der Waals surface area contributed by atoms with Crippen LogP contribution in [0.25, 0.3) is 0 Å².